The lowest BCUT2D eigenvalue weighted by Gasteiger charge is -2.10. The Morgan fingerprint density at radius 1 is 1.14 bits per heavy atom. The minimum absolute atomic E-state index is 0.524. The molecular weight excluding hydrogens is 278 g/mol. The van der Waals surface area contributed by atoms with Gasteiger partial charge in [0.05, 0.1) is 0 Å². The lowest BCUT2D eigenvalue weighted by atomic mass is 10.0. The van der Waals surface area contributed by atoms with Gasteiger partial charge >= 0.3 is 0 Å². The van der Waals surface area contributed by atoms with E-state index in [0.717, 1.165) is 24.2 Å². The zero-order valence-corrected chi connectivity index (χ0v) is 14.6. The highest BCUT2D eigenvalue weighted by Gasteiger charge is 2.01. The third kappa shape index (κ3) is 7.23. The lowest BCUT2D eigenvalue weighted by molar-refractivity contribution is 0.602. The number of thiocarbonyl (C=S) groups is 1. The third-order valence-electron chi connectivity index (χ3n) is 3.27. The smallest absolute Gasteiger partial charge is 0.191 e. The first kappa shape index (κ1) is 17.6. The van der Waals surface area contributed by atoms with E-state index in [0.29, 0.717) is 16.9 Å². The van der Waals surface area contributed by atoms with Crippen LogP contribution < -0.4 is 10.7 Å². The van der Waals surface area contributed by atoms with E-state index < -0.39 is 0 Å². The van der Waals surface area contributed by atoms with Gasteiger partial charge in [0.25, 0.3) is 0 Å². The van der Waals surface area contributed by atoms with E-state index >= 15 is 0 Å². The maximum absolute atomic E-state index is 5.25. The topological polar surface area (TPSA) is 36.4 Å². The van der Waals surface area contributed by atoms with Gasteiger partial charge in [-0.2, -0.15) is 5.10 Å². The Morgan fingerprint density at radius 2 is 1.76 bits per heavy atom. The van der Waals surface area contributed by atoms with E-state index in [4.69, 9.17) is 12.2 Å². The van der Waals surface area contributed by atoms with Gasteiger partial charge in [0.15, 0.2) is 5.11 Å². The predicted molar refractivity (Wildman–Crippen MR) is 97.1 cm³/mol. The number of rotatable bonds is 6. The molecule has 3 nitrogen and oxygen atoms in total. The van der Waals surface area contributed by atoms with Crippen molar-refractivity contribution in [1.29, 1.82) is 0 Å². The second-order valence-corrected chi connectivity index (χ2v) is 6.53. The molecule has 0 heterocycles. The average molecular weight is 305 g/mol. The molecule has 1 rings (SSSR count). The average Bonchev–Trinajstić information content (AvgIpc) is 2.43. The molecule has 0 unspecified atom stereocenters. The van der Waals surface area contributed by atoms with Crippen LogP contribution in [0, 0.1) is 5.92 Å². The van der Waals surface area contributed by atoms with Crippen molar-refractivity contribution in [1.82, 2.24) is 5.43 Å². The van der Waals surface area contributed by atoms with E-state index in [9.17, 15) is 0 Å². The Labute approximate surface area is 134 Å². The van der Waals surface area contributed by atoms with Crippen molar-refractivity contribution >= 4 is 28.7 Å². The van der Waals surface area contributed by atoms with Gasteiger partial charge in [0, 0.05) is 11.4 Å². The molecule has 0 saturated carbocycles. The van der Waals surface area contributed by atoms with Crippen molar-refractivity contribution < 1.29 is 0 Å². The number of hydrogen-bond acceptors (Lipinski definition) is 2. The van der Waals surface area contributed by atoms with Gasteiger partial charge < -0.3 is 5.32 Å². The summed E-state index contributed by atoms with van der Waals surface area (Å²) < 4.78 is 0. The van der Waals surface area contributed by atoms with Crippen LogP contribution >= 0.6 is 12.2 Å². The minimum Gasteiger partial charge on any atom is -0.331 e. The zero-order valence-electron chi connectivity index (χ0n) is 13.7. The summed E-state index contributed by atoms with van der Waals surface area (Å²) in [6, 6.07) is 8.32. The molecule has 1 aromatic carbocycles. The highest BCUT2D eigenvalue weighted by Crippen LogP contribution is 2.16. The number of benzene rings is 1. The van der Waals surface area contributed by atoms with E-state index in [1.807, 2.05) is 19.1 Å². The molecule has 0 aromatic heterocycles. The fourth-order valence-corrected chi connectivity index (χ4v) is 1.97. The van der Waals surface area contributed by atoms with E-state index in [2.05, 4.69) is 55.7 Å². The summed E-state index contributed by atoms with van der Waals surface area (Å²) in [5.41, 5.74) is 6.27. The first-order valence-corrected chi connectivity index (χ1v) is 7.99. The summed E-state index contributed by atoms with van der Waals surface area (Å²) in [5.74, 6) is 1.23. The highest BCUT2D eigenvalue weighted by molar-refractivity contribution is 7.80. The molecule has 4 heteroatoms. The lowest BCUT2D eigenvalue weighted by Crippen LogP contribution is -2.24. The molecule has 0 atom stereocenters. The van der Waals surface area contributed by atoms with Gasteiger partial charge in [-0.25, -0.2) is 0 Å². The van der Waals surface area contributed by atoms with Crippen molar-refractivity contribution in [3.05, 3.63) is 29.8 Å². The summed E-state index contributed by atoms with van der Waals surface area (Å²) in [6.45, 7) is 10.8. The maximum atomic E-state index is 5.25. The number of nitrogens with zero attached hydrogens (tertiary/aromatic N) is 1. The van der Waals surface area contributed by atoms with Crippen molar-refractivity contribution in [2.75, 3.05) is 5.32 Å². The van der Waals surface area contributed by atoms with Gasteiger partial charge in [0.1, 0.15) is 0 Å². The summed E-state index contributed by atoms with van der Waals surface area (Å²) in [7, 11) is 0. The number of hydrazone groups is 1. The number of nitrogens with one attached hydrogen (secondary N) is 2. The molecule has 0 aliphatic carbocycles. The fourth-order valence-electron chi connectivity index (χ4n) is 1.81. The Balaban J connectivity index is 2.44. The predicted octanol–water partition coefficient (Wildman–Crippen LogP) is 4.91. The van der Waals surface area contributed by atoms with Gasteiger partial charge in [-0.1, -0.05) is 39.8 Å². The normalized spacial score (nSPS) is 11.9. The van der Waals surface area contributed by atoms with Crippen molar-refractivity contribution in [2.45, 2.75) is 53.4 Å². The third-order valence-corrected chi connectivity index (χ3v) is 3.46. The Morgan fingerprint density at radius 3 is 2.29 bits per heavy atom. The fraction of sp³-hybridized carbons (Fsp3) is 0.529. The summed E-state index contributed by atoms with van der Waals surface area (Å²) in [5, 5.41) is 7.97. The van der Waals surface area contributed by atoms with Gasteiger partial charge in [-0.3, -0.25) is 5.43 Å². The molecule has 0 fully saturated rings. The summed E-state index contributed by atoms with van der Waals surface area (Å²) in [6.07, 6.45) is 2.14. The van der Waals surface area contributed by atoms with Crippen LogP contribution in [-0.4, -0.2) is 10.8 Å². The van der Waals surface area contributed by atoms with Gasteiger partial charge in [-0.15, -0.1) is 0 Å². The van der Waals surface area contributed by atoms with Crippen molar-refractivity contribution in [2.24, 2.45) is 11.0 Å². The van der Waals surface area contributed by atoms with Crippen LogP contribution in [0.25, 0.3) is 0 Å². The minimum atomic E-state index is 0.524. The Bertz CT molecular complexity index is 475. The first-order chi connectivity index (χ1) is 9.88. The van der Waals surface area contributed by atoms with Crippen LogP contribution in [0.2, 0.25) is 0 Å². The van der Waals surface area contributed by atoms with Crippen molar-refractivity contribution in [3.8, 4) is 0 Å². The van der Waals surface area contributed by atoms with E-state index in [1.54, 1.807) is 0 Å². The van der Waals surface area contributed by atoms with Crippen LogP contribution in [0.15, 0.2) is 29.4 Å². The monoisotopic (exact) mass is 305 g/mol. The SMILES string of the molecule is C/C(CCC(C)C)=N/NC(=S)Nc1ccc(C(C)C)cc1. The summed E-state index contributed by atoms with van der Waals surface area (Å²) in [4.78, 5) is 0. The Kier molecular flexibility index (Phi) is 7.37. The molecule has 0 aliphatic rings. The summed E-state index contributed by atoms with van der Waals surface area (Å²) >= 11 is 5.25. The molecule has 2 N–H and O–H groups in total. The maximum Gasteiger partial charge on any atom is 0.191 e. The van der Waals surface area contributed by atoms with Crippen LogP contribution in [-0.2, 0) is 0 Å². The molecule has 0 radical (unpaired) electrons. The van der Waals surface area contributed by atoms with Gasteiger partial charge in [0.2, 0.25) is 0 Å². The van der Waals surface area contributed by atoms with Crippen LogP contribution in [0.4, 0.5) is 5.69 Å². The molecule has 1 aromatic rings. The molecule has 116 valence electrons. The van der Waals surface area contributed by atoms with Crippen LogP contribution in [0.1, 0.15) is 58.9 Å². The van der Waals surface area contributed by atoms with Crippen LogP contribution in [0.5, 0.6) is 0 Å². The van der Waals surface area contributed by atoms with Crippen LogP contribution in [0.3, 0.4) is 0 Å². The molecule has 21 heavy (non-hydrogen) atoms. The molecule has 0 amide bonds. The molecule has 0 aliphatic heterocycles. The van der Waals surface area contributed by atoms with Crippen molar-refractivity contribution in [3.63, 3.8) is 0 Å². The second kappa shape index (κ2) is 8.78. The van der Waals surface area contributed by atoms with E-state index in [-0.39, 0.29) is 0 Å². The molecular formula is C17H27N3S. The molecule has 0 spiro atoms. The molecule has 0 saturated heterocycles. The first-order valence-electron chi connectivity index (χ1n) is 7.58. The largest absolute Gasteiger partial charge is 0.331 e. The Hall–Kier alpha value is -1.42. The highest BCUT2D eigenvalue weighted by atomic mass is 32.1. The van der Waals surface area contributed by atoms with E-state index in [1.165, 1.54) is 5.56 Å². The quantitative estimate of drug-likeness (QED) is 0.445. The second-order valence-electron chi connectivity index (χ2n) is 6.12. The number of hydrogen-bond donors (Lipinski definition) is 2. The zero-order chi connectivity index (χ0) is 15.8. The van der Waals surface area contributed by atoms with Gasteiger partial charge in [-0.05, 0) is 61.5 Å². The standard InChI is InChI=1S/C17H27N3S/c1-12(2)6-7-14(5)19-20-17(21)18-16-10-8-15(9-11-16)13(3)4/h8-13H,6-7H2,1-5H3,(H2,18,20,21)/b19-14-. The number of anilines is 1. The molecule has 0 bridgehead atoms.